The Morgan fingerprint density at radius 1 is 0.786 bits per heavy atom. The van der Waals surface area contributed by atoms with Crippen LogP contribution in [0.1, 0.15) is 51.4 Å². The van der Waals surface area contributed by atoms with Crippen LogP contribution in [0.4, 0.5) is 5.69 Å². The Balaban J connectivity index is 1.62. The number of rotatable bonds is 7. The third-order valence-electron chi connectivity index (χ3n) is 4.73. The van der Waals surface area contributed by atoms with Gasteiger partial charge in [0.05, 0.1) is 5.56 Å². The maximum Gasteiger partial charge on any atom is 0.257 e. The van der Waals surface area contributed by atoms with E-state index in [0.717, 1.165) is 24.1 Å². The average Bonchev–Trinajstić information content (AvgIpc) is 2.75. The molecule has 0 atom stereocenters. The number of hydrogen-bond donors (Lipinski definition) is 1. The summed E-state index contributed by atoms with van der Waals surface area (Å²) in [6, 6.07) is 19.0. The summed E-state index contributed by atoms with van der Waals surface area (Å²) >= 11 is 0. The zero-order valence-electron chi connectivity index (χ0n) is 16.2. The first-order valence-electron chi connectivity index (χ1n) is 9.56. The average molecular weight is 372 g/mol. The van der Waals surface area contributed by atoms with Gasteiger partial charge in [-0.05, 0) is 53.8 Å². The first-order chi connectivity index (χ1) is 13.6. The van der Waals surface area contributed by atoms with Crippen LogP contribution in [0.5, 0.6) is 0 Å². The fraction of sp³-hybridized carbons (Fsp3) is 0.208. The Morgan fingerprint density at radius 2 is 1.36 bits per heavy atom. The van der Waals surface area contributed by atoms with E-state index in [-0.39, 0.29) is 11.7 Å². The molecule has 1 amide bonds. The highest BCUT2D eigenvalue weighted by molar-refractivity contribution is 6.04. The van der Waals surface area contributed by atoms with Crippen molar-refractivity contribution in [1.82, 2.24) is 4.98 Å². The molecule has 0 aliphatic rings. The van der Waals surface area contributed by atoms with E-state index in [0.29, 0.717) is 17.7 Å². The van der Waals surface area contributed by atoms with E-state index < -0.39 is 0 Å². The van der Waals surface area contributed by atoms with Crippen LogP contribution >= 0.6 is 0 Å². The number of hydrogen-bond acceptors (Lipinski definition) is 3. The molecule has 0 saturated carbocycles. The lowest BCUT2D eigenvalue weighted by atomic mass is 10.0. The molecule has 0 unspecified atom stereocenters. The van der Waals surface area contributed by atoms with Crippen molar-refractivity contribution in [3.63, 3.8) is 0 Å². The topological polar surface area (TPSA) is 59.1 Å². The minimum atomic E-state index is -0.245. The van der Waals surface area contributed by atoms with E-state index in [2.05, 4.69) is 24.1 Å². The highest BCUT2D eigenvalue weighted by Gasteiger charge is 2.11. The van der Waals surface area contributed by atoms with Crippen molar-refractivity contribution >= 4 is 17.4 Å². The molecule has 1 heterocycles. The number of ketones is 1. The normalized spacial score (nSPS) is 10.5. The molecule has 0 saturated heterocycles. The van der Waals surface area contributed by atoms with E-state index >= 15 is 0 Å². The summed E-state index contributed by atoms with van der Waals surface area (Å²) in [5, 5.41) is 2.84. The Bertz CT molecular complexity index is 863. The highest BCUT2D eigenvalue weighted by atomic mass is 16.1. The van der Waals surface area contributed by atoms with Gasteiger partial charge in [-0.25, -0.2) is 0 Å². The number of aromatic nitrogens is 1. The van der Waals surface area contributed by atoms with Gasteiger partial charge in [-0.3, -0.25) is 14.6 Å². The Labute approximate surface area is 165 Å². The standard InChI is InChI=1S/C24H24N2O2/c1-3-17-5-7-19(8-6-17)15-23(27)22-14-11-20(16-25-22)24(28)26-21-12-9-18(4-2)10-13-21/h5-14,16H,3-4,15H2,1-2H3,(H,26,28). The summed E-state index contributed by atoms with van der Waals surface area (Å²) in [7, 11) is 0. The quantitative estimate of drug-likeness (QED) is 0.601. The van der Waals surface area contributed by atoms with Gasteiger partial charge in [0, 0.05) is 18.3 Å². The van der Waals surface area contributed by atoms with Crippen LogP contribution in [0.2, 0.25) is 0 Å². The molecule has 0 aliphatic carbocycles. The van der Waals surface area contributed by atoms with Crippen LogP contribution in [0, 0.1) is 0 Å². The van der Waals surface area contributed by atoms with Crippen molar-refractivity contribution in [2.24, 2.45) is 0 Å². The maximum absolute atomic E-state index is 12.4. The number of amides is 1. The zero-order valence-corrected chi connectivity index (χ0v) is 16.2. The van der Waals surface area contributed by atoms with Crippen molar-refractivity contribution < 1.29 is 9.59 Å². The predicted molar refractivity (Wildman–Crippen MR) is 112 cm³/mol. The van der Waals surface area contributed by atoms with Gasteiger partial charge in [0.25, 0.3) is 5.91 Å². The van der Waals surface area contributed by atoms with Gasteiger partial charge in [0.2, 0.25) is 0 Å². The molecule has 28 heavy (non-hydrogen) atoms. The predicted octanol–water partition coefficient (Wildman–Crippen LogP) is 4.88. The number of carbonyl (C=O) groups is 2. The van der Waals surface area contributed by atoms with Crippen LogP contribution in [-0.2, 0) is 19.3 Å². The second kappa shape index (κ2) is 9.09. The van der Waals surface area contributed by atoms with E-state index in [4.69, 9.17) is 0 Å². The number of pyridine rings is 1. The number of carbonyl (C=O) groups excluding carboxylic acids is 2. The fourth-order valence-corrected chi connectivity index (χ4v) is 2.89. The van der Waals surface area contributed by atoms with Gasteiger partial charge < -0.3 is 5.32 Å². The maximum atomic E-state index is 12.4. The molecule has 1 aromatic heterocycles. The van der Waals surface area contributed by atoms with Gasteiger partial charge in [-0.15, -0.1) is 0 Å². The first-order valence-corrected chi connectivity index (χ1v) is 9.56. The van der Waals surface area contributed by atoms with Crippen molar-refractivity contribution in [3.05, 3.63) is 94.8 Å². The zero-order chi connectivity index (χ0) is 19.9. The summed E-state index contributed by atoms with van der Waals surface area (Å²) in [6.07, 6.45) is 3.67. The lowest BCUT2D eigenvalue weighted by Gasteiger charge is -2.07. The SMILES string of the molecule is CCc1ccc(CC(=O)c2ccc(C(=O)Nc3ccc(CC)cc3)cn2)cc1. The van der Waals surface area contributed by atoms with Gasteiger partial charge in [0.15, 0.2) is 5.78 Å². The highest BCUT2D eigenvalue weighted by Crippen LogP contribution is 2.13. The molecule has 4 nitrogen and oxygen atoms in total. The number of benzene rings is 2. The van der Waals surface area contributed by atoms with Crippen LogP contribution in [0.25, 0.3) is 0 Å². The molecule has 3 aromatic rings. The van der Waals surface area contributed by atoms with Crippen molar-refractivity contribution in [1.29, 1.82) is 0 Å². The summed E-state index contributed by atoms with van der Waals surface area (Å²) in [6.45, 7) is 4.18. The number of anilines is 1. The smallest absolute Gasteiger partial charge is 0.257 e. The Hall–Kier alpha value is -3.27. The molecule has 3 rings (SSSR count). The van der Waals surface area contributed by atoms with Crippen LogP contribution < -0.4 is 5.32 Å². The third kappa shape index (κ3) is 4.92. The molecule has 142 valence electrons. The molecule has 1 N–H and O–H groups in total. The lowest BCUT2D eigenvalue weighted by molar-refractivity contribution is 0.0984. The van der Waals surface area contributed by atoms with E-state index in [1.54, 1.807) is 12.1 Å². The van der Waals surface area contributed by atoms with Crippen LogP contribution in [-0.4, -0.2) is 16.7 Å². The van der Waals surface area contributed by atoms with Crippen LogP contribution in [0.15, 0.2) is 66.9 Å². The summed E-state index contributed by atoms with van der Waals surface area (Å²) in [5.41, 5.74) is 4.94. The fourth-order valence-electron chi connectivity index (χ4n) is 2.89. The lowest BCUT2D eigenvalue weighted by Crippen LogP contribution is -2.13. The molecule has 0 aliphatic heterocycles. The second-order valence-corrected chi connectivity index (χ2v) is 6.71. The third-order valence-corrected chi connectivity index (χ3v) is 4.73. The minimum absolute atomic E-state index is 0.0636. The number of nitrogens with one attached hydrogen (secondary N) is 1. The van der Waals surface area contributed by atoms with Gasteiger partial charge >= 0.3 is 0 Å². The van der Waals surface area contributed by atoms with Crippen molar-refractivity contribution in [3.8, 4) is 0 Å². The molecular formula is C24H24N2O2. The molecule has 0 radical (unpaired) electrons. The summed E-state index contributed by atoms with van der Waals surface area (Å²) in [5.74, 6) is -0.308. The van der Waals surface area contributed by atoms with E-state index in [1.165, 1.54) is 17.3 Å². The Kier molecular flexibility index (Phi) is 6.33. The van der Waals surface area contributed by atoms with Gasteiger partial charge in [0.1, 0.15) is 5.69 Å². The monoisotopic (exact) mass is 372 g/mol. The molecule has 0 fully saturated rings. The van der Waals surface area contributed by atoms with E-state index in [9.17, 15) is 9.59 Å². The molecule has 0 spiro atoms. The molecule has 2 aromatic carbocycles. The first kappa shape index (κ1) is 19.5. The molecule has 0 bridgehead atoms. The Morgan fingerprint density at radius 3 is 1.89 bits per heavy atom. The molecule has 4 heteroatoms. The molecular weight excluding hydrogens is 348 g/mol. The number of Topliss-reactive ketones (excluding diaryl/α,β-unsaturated/α-hetero) is 1. The minimum Gasteiger partial charge on any atom is -0.322 e. The van der Waals surface area contributed by atoms with Crippen LogP contribution in [0.3, 0.4) is 0 Å². The second-order valence-electron chi connectivity index (χ2n) is 6.71. The number of aryl methyl sites for hydroxylation is 2. The largest absolute Gasteiger partial charge is 0.322 e. The van der Waals surface area contributed by atoms with Gasteiger partial charge in [-0.1, -0.05) is 50.2 Å². The number of nitrogens with zero attached hydrogens (tertiary/aromatic N) is 1. The summed E-state index contributed by atoms with van der Waals surface area (Å²) in [4.78, 5) is 29.0. The van der Waals surface area contributed by atoms with E-state index in [1.807, 2.05) is 48.5 Å². The van der Waals surface area contributed by atoms with Crippen molar-refractivity contribution in [2.45, 2.75) is 33.1 Å². The van der Waals surface area contributed by atoms with Gasteiger partial charge in [-0.2, -0.15) is 0 Å². The summed E-state index contributed by atoms with van der Waals surface area (Å²) < 4.78 is 0. The van der Waals surface area contributed by atoms with Crippen molar-refractivity contribution in [2.75, 3.05) is 5.32 Å².